The number of carbonyl (C=O) groups is 3. The Morgan fingerprint density at radius 3 is 2.25 bits per heavy atom. The Hall–Kier alpha value is -4.19. The van der Waals surface area contributed by atoms with Gasteiger partial charge in [-0.2, -0.15) is 0 Å². The Labute approximate surface area is 185 Å². The van der Waals surface area contributed by atoms with Crippen LogP contribution in [0.25, 0.3) is 5.57 Å². The molecule has 5 rings (SSSR count). The standard InChI is InChI=1S/C26H21N3O3/c1-17(30)27-20-11-13-21(14-12-20)29-25(31)23(19-8-3-2-4-9-19)24(26(29)32)28-16-15-18-7-5-6-10-22(18)28/h2-14H,15-16H2,1H3,(H,27,30). The van der Waals surface area contributed by atoms with Gasteiger partial charge in [0, 0.05) is 24.8 Å². The van der Waals surface area contributed by atoms with Crippen LogP contribution in [0.15, 0.2) is 84.6 Å². The van der Waals surface area contributed by atoms with Gasteiger partial charge in [-0.25, -0.2) is 4.90 Å². The molecule has 0 unspecified atom stereocenters. The predicted octanol–water partition coefficient (Wildman–Crippen LogP) is 3.99. The van der Waals surface area contributed by atoms with Crippen molar-refractivity contribution in [1.82, 2.24) is 0 Å². The fourth-order valence-electron chi connectivity index (χ4n) is 4.34. The van der Waals surface area contributed by atoms with E-state index in [9.17, 15) is 14.4 Å². The fourth-order valence-corrected chi connectivity index (χ4v) is 4.34. The fraction of sp³-hybridized carbons (Fsp3) is 0.115. The second-order valence-corrected chi connectivity index (χ2v) is 7.79. The van der Waals surface area contributed by atoms with E-state index >= 15 is 0 Å². The highest BCUT2D eigenvalue weighted by Gasteiger charge is 2.44. The molecule has 0 bridgehead atoms. The van der Waals surface area contributed by atoms with Crippen molar-refractivity contribution in [3.8, 4) is 0 Å². The molecule has 0 aromatic heterocycles. The van der Waals surface area contributed by atoms with Crippen LogP contribution in [-0.4, -0.2) is 24.3 Å². The molecule has 2 heterocycles. The third-order valence-electron chi connectivity index (χ3n) is 5.72. The lowest BCUT2D eigenvalue weighted by Crippen LogP contribution is -2.34. The number of amides is 3. The van der Waals surface area contributed by atoms with Crippen molar-refractivity contribution in [2.75, 3.05) is 21.7 Å². The summed E-state index contributed by atoms with van der Waals surface area (Å²) in [4.78, 5) is 41.8. The highest BCUT2D eigenvalue weighted by molar-refractivity contribution is 6.46. The van der Waals surface area contributed by atoms with Crippen molar-refractivity contribution in [3.05, 3.63) is 95.7 Å². The molecule has 0 aliphatic carbocycles. The van der Waals surface area contributed by atoms with E-state index < -0.39 is 0 Å². The highest BCUT2D eigenvalue weighted by atomic mass is 16.2. The van der Waals surface area contributed by atoms with Gasteiger partial charge in [-0.05, 0) is 47.9 Å². The van der Waals surface area contributed by atoms with Crippen molar-refractivity contribution in [3.63, 3.8) is 0 Å². The van der Waals surface area contributed by atoms with Crippen LogP contribution < -0.4 is 15.1 Å². The third kappa shape index (κ3) is 3.26. The Kier molecular flexibility index (Phi) is 4.82. The van der Waals surface area contributed by atoms with Gasteiger partial charge in [0.25, 0.3) is 11.8 Å². The van der Waals surface area contributed by atoms with Crippen molar-refractivity contribution >= 4 is 40.4 Å². The molecule has 6 heteroatoms. The van der Waals surface area contributed by atoms with Gasteiger partial charge in [-0.1, -0.05) is 48.5 Å². The number of fused-ring (bicyclic) bond motifs is 1. The summed E-state index contributed by atoms with van der Waals surface area (Å²) in [6, 6.07) is 24.0. The third-order valence-corrected chi connectivity index (χ3v) is 5.72. The van der Waals surface area contributed by atoms with Crippen LogP contribution in [0.4, 0.5) is 17.1 Å². The molecule has 0 atom stereocenters. The molecule has 0 saturated heterocycles. The van der Waals surface area contributed by atoms with E-state index in [1.807, 2.05) is 53.4 Å². The van der Waals surface area contributed by atoms with Crippen molar-refractivity contribution in [1.29, 1.82) is 0 Å². The van der Waals surface area contributed by atoms with Crippen molar-refractivity contribution in [2.45, 2.75) is 13.3 Å². The first kappa shape index (κ1) is 19.8. The zero-order chi connectivity index (χ0) is 22.2. The molecule has 0 fully saturated rings. The number of imide groups is 1. The quantitative estimate of drug-likeness (QED) is 0.644. The second-order valence-electron chi connectivity index (χ2n) is 7.79. The monoisotopic (exact) mass is 423 g/mol. The summed E-state index contributed by atoms with van der Waals surface area (Å²) >= 11 is 0. The molecule has 1 N–H and O–H groups in total. The van der Waals surface area contributed by atoms with Gasteiger partial charge in [0.15, 0.2) is 0 Å². The molecule has 0 radical (unpaired) electrons. The molecular weight excluding hydrogens is 402 g/mol. The Morgan fingerprint density at radius 1 is 0.844 bits per heavy atom. The van der Waals surface area contributed by atoms with Crippen LogP contribution >= 0.6 is 0 Å². The van der Waals surface area contributed by atoms with E-state index in [1.54, 1.807) is 24.3 Å². The number of hydrogen-bond acceptors (Lipinski definition) is 4. The molecule has 2 aliphatic rings. The molecule has 0 saturated carbocycles. The number of benzene rings is 3. The molecule has 0 spiro atoms. The van der Waals surface area contributed by atoms with Crippen molar-refractivity contribution < 1.29 is 14.4 Å². The number of rotatable bonds is 4. The van der Waals surface area contributed by atoms with Gasteiger partial charge in [0.1, 0.15) is 5.70 Å². The molecular formula is C26H21N3O3. The summed E-state index contributed by atoms with van der Waals surface area (Å²) in [6.07, 6.45) is 0.814. The second kappa shape index (κ2) is 7.81. The number of anilines is 3. The molecule has 32 heavy (non-hydrogen) atoms. The van der Waals surface area contributed by atoms with Gasteiger partial charge in [0.2, 0.25) is 5.91 Å². The Bertz CT molecular complexity index is 1260. The zero-order valence-electron chi connectivity index (χ0n) is 17.5. The summed E-state index contributed by atoms with van der Waals surface area (Å²) < 4.78 is 0. The van der Waals surface area contributed by atoms with Crippen LogP contribution in [0.3, 0.4) is 0 Å². The smallest absolute Gasteiger partial charge is 0.282 e. The molecule has 3 aromatic rings. The number of para-hydroxylation sites is 1. The molecule has 158 valence electrons. The van der Waals surface area contributed by atoms with E-state index in [2.05, 4.69) is 11.4 Å². The molecule has 2 aliphatic heterocycles. The summed E-state index contributed by atoms with van der Waals surface area (Å²) in [5, 5.41) is 2.70. The lowest BCUT2D eigenvalue weighted by atomic mass is 10.0. The summed E-state index contributed by atoms with van der Waals surface area (Å²) in [5.41, 5.74) is 4.69. The summed E-state index contributed by atoms with van der Waals surface area (Å²) in [5.74, 6) is -0.889. The number of nitrogens with zero attached hydrogens (tertiary/aromatic N) is 2. The first-order valence-corrected chi connectivity index (χ1v) is 10.5. The van der Waals surface area contributed by atoms with Gasteiger partial charge in [-0.15, -0.1) is 0 Å². The van der Waals surface area contributed by atoms with Crippen molar-refractivity contribution in [2.24, 2.45) is 0 Å². The van der Waals surface area contributed by atoms with Gasteiger partial charge >= 0.3 is 0 Å². The van der Waals surface area contributed by atoms with Crippen LogP contribution in [0, 0.1) is 0 Å². The lowest BCUT2D eigenvalue weighted by Gasteiger charge is -2.22. The van der Waals surface area contributed by atoms with E-state index in [0.29, 0.717) is 34.8 Å². The SMILES string of the molecule is CC(=O)Nc1ccc(N2C(=O)C(c3ccccc3)=C(N3CCc4ccccc43)C2=O)cc1. The maximum atomic E-state index is 13.7. The minimum atomic E-state index is -0.354. The lowest BCUT2D eigenvalue weighted by molar-refractivity contribution is -0.120. The average Bonchev–Trinajstić information content (AvgIpc) is 3.32. The zero-order valence-corrected chi connectivity index (χ0v) is 17.5. The number of carbonyl (C=O) groups excluding carboxylic acids is 3. The van der Waals surface area contributed by atoms with E-state index in [4.69, 9.17) is 0 Å². The van der Waals surface area contributed by atoms with E-state index in [-0.39, 0.29) is 17.7 Å². The van der Waals surface area contributed by atoms with Gasteiger partial charge in [-0.3, -0.25) is 14.4 Å². The summed E-state index contributed by atoms with van der Waals surface area (Å²) in [6.45, 7) is 2.07. The maximum absolute atomic E-state index is 13.7. The van der Waals surface area contributed by atoms with E-state index in [1.165, 1.54) is 11.8 Å². The Morgan fingerprint density at radius 2 is 1.53 bits per heavy atom. The first-order chi connectivity index (χ1) is 15.5. The van der Waals surface area contributed by atoms with E-state index in [0.717, 1.165) is 17.7 Å². The van der Waals surface area contributed by atoms with Crippen LogP contribution in [0.1, 0.15) is 18.1 Å². The molecule has 6 nitrogen and oxygen atoms in total. The topological polar surface area (TPSA) is 69.7 Å². The van der Waals surface area contributed by atoms with Crippen LogP contribution in [0.5, 0.6) is 0 Å². The minimum absolute atomic E-state index is 0.186. The largest absolute Gasteiger partial charge is 0.336 e. The number of hydrogen-bond donors (Lipinski definition) is 1. The average molecular weight is 423 g/mol. The maximum Gasteiger partial charge on any atom is 0.282 e. The predicted molar refractivity (Wildman–Crippen MR) is 124 cm³/mol. The highest BCUT2D eigenvalue weighted by Crippen LogP contribution is 2.40. The number of nitrogens with one attached hydrogen (secondary N) is 1. The molecule has 3 aromatic carbocycles. The van der Waals surface area contributed by atoms with Gasteiger partial charge in [0.05, 0.1) is 11.3 Å². The normalized spacial score (nSPS) is 15.4. The van der Waals surface area contributed by atoms with Crippen LogP contribution in [-0.2, 0) is 20.8 Å². The van der Waals surface area contributed by atoms with Gasteiger partial charge < -0.3 is 10.2 Å². The Balaban J connectivity index is 1.60. The first-order valence-electron chi connectivity index (χ1n) is 10.5. The van der Waals surface area contributed by atoms with Crippen LogP contribution in [0.2, 0.25) is 0 Å². The summed E-state index contributed by atoms with van der Waals surface area (Å²) in [7, 11) is 0. The minimum Gasteiger partial charge on any atom is -0.336 e. The molecule has 3 amide bonds.